The molecule has 5 nitrogen and oxygen atoms in total. The van der Waals surface area contributed by atoms with Crippen molar-refractivity contribution < 1.29 is 19.0 Å². The Balaban J connectivity index is 1.34. The number of aliphatic hydroxyl groups is 1. The maximum atomic E-state index is 12.8. The summed E-state index contributed by atoms with van der Waals surface area (Å²) in [6.07, 6.45) is 4.28. The van der Waals surface area contributed by atoms with Crippen molar-refractivity contribution in [3.05, 3.63) is 59.3 Å². The van der Waals surface area contributed by atoms with Crippen LogP contribution in [-0.4, -0.2) is 59.3 Å². The van der Waals surface area contributed by atoms with E-state index in [4.69, 9.17) is 4.74 Å². The summed E-state index contributed by atoms with van der Waals surface area (Å²) in [4.78, 5) is 19.3. The SMILES string of the molecule is O=C(c1ccc(OCCF)nc1)C1CCN([C@H]2Cc3ccccc3C[C@@H]2O)CC1. The Morgan fingerprint density at radius 2 is 1.86 bits per heavy atom. The first-order valence-corrected chi connectivity index (χ1v) is 10.3. The lowest BCUT2D eigenvalue weighted by atomic mass is 9.83. The van der Waals surface area contributed by atoms with Crippen LogP contribution in [0.3, 0.4) is 0 Å². The average molecular weight is 398 g/mol. The van der Waals surface area contributed by atoms with Gasteiger partial charge in [0.2, 0.25) is 5.88 Å². The Morgan fingerprint density at radius 1 is 1.14 bits per heavy atom. The second kappa shape index (κ2) is 9.01. The number of piperidine rings is 1. The monoisotopic (exact) mass is 398 g/mol. The summed E-state index contributed by atoms with van der Waals surface area (Å²) >= 11 is 0. The van der Waals surface area contributed by atoms with Gasteiger partial charge in [-0.1, -0.05) is 24.3 Å². The number of benzene rings is 1. The van der Waals surface area contributed by atoms with Crippen LogP contribution in [-0.2, 0) is 12.8 Å². The fourth-order valence-corrected chi connectivity index (χ4v) is 4.53. The van der Waals surface area contributed by atoms with Gasteiger partial charge in [0.05, 0.1) is 6.10 Å². The summed E-state index contributed by atoms with van der Waals surface area (Å²) in [5.41, 5.74) is 3.14. The summed E-state index contributed by atoms with van der Waals surface area (Å²) in [6.45, 7) is 1.02. The van der Waals surface area contributed by atoms with Crippen molar-refractivity contribution >= 4 is 5.78 Å². The predicted octanol–water partition coefficient (Wildman–Crippen LogP) is 2.85. The van der Waals surface area contributed by atoms with Gasteiger partial charge in [0.25, 0.3) is 0 Å². The van der Waals surface area contributed by atoms with Gasteiger partial charge in [-0.25, -0.2) is 9.37 Å². The molecule has 0 radical (unpaired) electrons. The number of rotatable bonds is 6. The normalized spacial score (nSPS) is 22.8. The molecule has 1 aromatic heterocycles. The molecule has 0 bridgehead atoms. The number of Topliss-reactive ketones (excluding diaryl/α,β-unsaturated/α-hetero) is 1. The number of halogens is 1. The Hall–Kier alpha value is -2.31. The minimum absolute atomic E-state index is 0.0290. The molecule has 1 aliphatic carbocycles. The molecule has 1 fully saturated rings. The van der Waals surface area contributed by atoms with E-state index in [9.17, 15) is 14.3 Å². The zero-order chi connectivity index (χ0) is 20.2. The van der Waals surface area contributed by atoms with Crippen LogP contribution in [0.1, 0.15) is 34.3 Å². The van der Waals surface area contributed by atoms with Gasteiger partial charge in [0.1, 0.15) is 13.3 Å². The van der Waals surface area contributed by atoms with E-state index in [0.717, 1.165) is 32.4 Å². The van der Waals surface area contributed by atoms with Crippen LogP contribution in [0, 0.1) is 5.92 Å². The number of carbonyl (C=O) groups excluding carboxylic acids is 1. The van der Waals surface area contributed by atoms with Gasteiger partial charge in [-0.3, -0.25) is 9.69 Å². The predicted molar refractivity (Wildman–Crippen MR) is 108 cm³/mol. The molecule has 2 aromatic rings. The number of aromatic nitrogens is 1. The van der Waals surface area contributed by atoms with E-state index in [1.54, 1.807) is 12.1 Å². The third kappa shape index (κ3) is 4.49. The molecule has 29 heavy (non-hydrogen) atoms. The number of hydrogen-bond acceptors (Lipinski definition) is 5. The topological polar surface area (TPSA) is 62.7 Å². The molecule has 2 atom stereocenters. The molecule has 0 spiro atoms. The van der Waals surface area contributed by atoms with Crippen LogP contribution >= 0.6 is 0 Å². The molecule has 0 amide bonds. The van der Waals surface area contributed by atoms with E-state index in [0.29, 0.717) is 17.9 Å². The number of carbonyl (C=O) groups is 1. The van der Waals surface area contributed by atoms with Crippen LogP contribution < -0.4 is 4.74 Å². The zero-order valence-electron chi connectivity index (χ0n) is 16.5. The number of likely N-dealkylation sites (tertiary alicyclic amines) is 1. The first-order valence-electron chi connectivity index (χ1n) is 10.3. The number of aliphatic hydroxyl groups excluding tert-OH is 1. The molecule has 1 aromatic carbocycles. The van der Waals surface area contributed by atoms with Crippen LogP contribution in [0.4, 0.5) is 4.39 Å². The van der Waals surface area contributed by atoms with Crippen LogP contribution in [0.15, 0.2) is 42.6 Å². The average Bonchev–Trinajstić information content (AvgIpc) is 2.77. The molecule has 1 aliphatic heterocycles. The van der Waals surface area contributed by atoms with E-state index in [1.807, 2.05) is 6.07 Å². The van der Waals surface area contributed by atoms with Gasteiger partial charge in [0, 0.05) is 36.2 Å². The summed E-state index contributed by atoms with van der Waals surface area (Å²) in [5.74, 6) is 0.406. The van der Waals surface area contributed by atoms with Crippen molar-refractivity contribution in [2.45, 2.75) is 37.8 Å². The summed E-state index contributed by atoms with van der Waals surface area (Å²) in [7, 11) is 0. The van der Waals surface area contributed by atoms with Crippen molar-refractivity contribution in [1.29, 1.82) is 0 Å². The van der Waals surface area contributed by atoms with Gasteiger partial charge < -0.3 is 9.84 Å². The highest BCUT2D eigenvalue weighted by atomic mass is 19.1. The highest BCUT2D eigenvalue weighted by molar-refractivity contribution is 5.97. The van der Waals surface area contributed by atoms with Gasteiger partial charge in [-0.2, -0.15) is 0 Å². The first-order chi connectivity index (χ1) is 14.2. The minimum Gasteiger partial charge on any atom is -0.475 e. The number of fused-ring (bicyclic) bond motifs is 1. The van der Waals surface area contributed by atoms with Crippen molar-refractivity contribution in [2.75, 3.05) is 26.4 Å². The summed E-state index contributed by atoms with van der Waals surface area (Å²) in [6, 6.07) is 11.8. The fraction of sp³-hybridized carbons (Fsp3) is 0.478. The molecule has 2 heterocycles. The van der Waals surface area contributed by atoms with Crippen molar-refractivity contribution in [3.8, 4) is 5.88 Å². The molecule has 0 unspecified atom stereocenters. The number of nitrogens with zero attached hydrogens (tertiary/aromatic N) is 2. The molecular formula is C23H27FN2O3. The quantitative estimate of drug-likeness (QED) is 0.758. The number of ketones is 1. The number of pyridine rings is 1. The Morgan fingerprint density at radius 3 is 2.52 bits per heavy atom. The van der Waals surface area contributed by atoms with Crippen molar-refractivity contribution in [3.63, 3.8) is 0 Å². The molecule has 1 saturated heterocycles. The second-order valence-electron chi connectivity index (χ2n) is 7.91. The first kappa shape index (κ1) is 20.0. The van der Waals surface area contributed by atoms with Gasteiger partial charge in [0.15, 0.2) is 5.78 Å². The highest BCUT2D eigenvalue weighted by Gasteiger charge is 2.35. The van der Waals surface area contributed by atoms with Crippen LogP contribution in [0.25, 0.3) is 0 Å². The van der Waals surface area contributed by atoms with Crippen molar-refractivity contribution in [1.82, 2.24) is 9.88 Å². The number of alkyl halides is 1. The van der Waals surface area contributed by atoms with E-state index >= 15 is 0 Å². The fourth-order valence-electron chi connectivity index (χ4n) is 4.53. The third-order valence-corrected chi connectivity index (χ3v) is 6.14. The number of ether oxygens (including phenoxy) is 1. The van der Waals surface area contributed by atoms with Gasteiger partial charge >= 0.3 is 0 Å². The zero-order valence-corrected chi connectivity index (χ0v) is 16.5. The Kier molecular flexibility index (Phi) is 6.21. The molecular weight excluding hydrogens is 371 g/mol. The molecule has 154 valence electrons. The third-order valence-electron chi connectivity index (χ3n) is 6.14. The lowest BCUT2D eigenvalue weighted by molar-refractivity contribution is 0.0239. The maximum absolute atomic E-state index is 12.8. The molecule has 4 rings (SSSR count). The Bertz CT molecular complexity index is 834. The molecule has 6 heteroatoms. The van der Waals surface area contributed by atoms with E-state index < -0.39 is 6.67 Å². The maximum Gasteiger partial charge on any atom is 0.213 e. The molecule has 2 aliphatic rings. The lowest BCUT2D eigenvalue weighted by Crippen LogP contribution is -2.51. The van der Waals surface area contributed by atoms with Crippen LogP contribution in [0.5, 0.6) is 5.88 Å². The second-order valence-corrected chi connectivity index (χ2v) is 7.91. The lowest BCUT2D eigenvalue weighted by Gasteiger charge is -2.41. The van der Waals surface area contributed by atoms with Gasteiger partial charge in [-0.05, 0) is 49.5 Å². The molecule has 1 N–H and O–H groups in total. The number of hydrogen-bond donors (Lipinski definition) is 1. The molecule has 0 saturated carbocycles. The van der Waals surface area contributed by atoms with E-state index in [2.05, 4.69) is 28.1 Å². The highest BCUT2D eigenvalue weighted by Crippen LogP contribution is 2.29. The Labute approximate surface area is 170 Å². The van der Waals surface area contributed by atoms with Crippen LogP contribution in [0.2, 0.25) is 0 Å². The van der Waals surface area contributed by atoms with E-state index in [1.165, 1.54) is 17.3 Å². The van der Waals surface area contributed by atoms with Crippen molar-refractivity contribution in [2.24, 2.45) is 5.92 Å². The smallest absolute Gasteiger partial charge is 0.213 e. The van der Waals surface area contributed by atoms with E-state index in [-0.39, 0.29) is 30.5 Å². The standard InChI is InChI=1S/C23H27FN2O3/c24-9-12-29-22-6-5-19(15-25-22)23(28)16-7-10-26(11-8-16)20-13-17-3-1-2-4-18(17)14-21(20)27/h1-6,15-16,20-21,27H,7-14H2/t20-,21-/m0/s1. The summed E-state index contributed by atoms with van der Waals surface area (Å²) in [5, 5.41) is 10.7. The largest absolute Gasteiger partial charge is 0.475 e. The van der Waals surface area contributed by atoms with Gasteiger partial charge in [-0.15, -0.1) is 0 Å². The minimum atomic E-state index is -0.567. The summed E-state index contributed by atoms with van der Waals surface area (Å²) < 4.78 is 17.3.